The Labute approximate surface area is 186 Å². The molecule has 0 aliphatic heterocycles. The fraction of sp³-hybridized carbons (Fsp3) is 0.308. The zero-order valence-corrected chi connectivity index (χ0v) is 20.2. The van der Waals surface area contributed by atoms with Crippen LogP contribution in [0.25, 0.3) is 11.3 Å². The summed E-state index contributed by atoms with van der Waals surface area (Å²) in [7, 11) is -1.87. The number of nitrogens with zero attached hydrogens (tertiary/aromatic N) is 1. The normalized spacial score (nSPS) is 11.8. The first-order chi connectivity index (χ1) is 14.6. The summed E-state index contributed by atoms with van der Waals surface area (Å²) in [5.41, 5.74) is 4.79. The van der Waals surface area contributed by atoms with Crippen LogP contribution in [0.15, 0.2) is 60.8 Å². The van der Waals surface area contributed by atoms with Crippen molar-refractivity contribution in [2.24, 2.45) is 0 Å². The first kappa shape index (κ1) is 22.8. The van der Waals surface area contributed by atoms with Gasteiger partial charge in [0.05, 0.1) is 5.69 Å². The SMILES string of the molecule is Cc1cc(O[Si](C)(C)C(C)(C)C)ccc1-c1cc(COc2ccc(C=O)cc2)ccn1. The highest BCUT2D eigenvalue weighted by atomic mass is 28.4. The van der Waals surface area contributed by atoms with Crippen LogP contribution in [-0.2, 0) is 6.61 Å². The molecule has 4 nitrogen and oxygen atoms in total. The topological polar surface area (TPSA) is 48.4 Å². The van der Waals surface area contributed by atoms with Crippen molar-refractivity contribution in [3.63, 3.8) is 0 Å². The molecule has 3 rings (SSSR count). The minimum absolute atomic E-state index is 0.156. The molecule has 3 aromatic rings. The van der Waals surface area contributed by atoms with Gasteiger partial charge in [-0.1, -0.05) is 20.8 Å². The number of rotatable bonds is 7. The molecule has 2 aromatic carbocycles. The molecule has 0 N–H and O–H groups in total. The standard InChI is InChI=1S/C26H31NO3Si/c1-19-15-23(30-31(5,6)26(2,3)4)11-12-24(19)25-16-21(13-14-27-25)18-29-22-9-7-20(17-28)8-10-22/h7-17H,18H2,1-6H3. The summed E-state index contributed by atoms with van der Waals surface area (Å²) in [6.07, 6.45) is 2.63. The lowest BCUT2D eigenvalue weighted by Gasteiger charge is -2.36. The molecule has 31 heavy (non-hydrogen) atoms. The molecule has 5 heteroatoms. The Bertz CT molecular complexity index is 1050. The van der Waals surface area contributed by atoms with Crippen LogP contribution in [0.1, 0.15) is 42.3 Å². The van der Waals surface area contributed by atoms with Crippen LogP contribution < -0.4 is 9.16 Å². The Balaban J connectivity index is 1.74. The summed E-state index contributed by atoms with van der Waals surface area (Å²) in [4.78, 5) is 15.3. The van der Waals surface area contributed by atoms with E-state index in [1.54, 1.807) is 24.3 Å². The van der Waals surface area contributed by atoms with Crippen LogP contribution in [0, 0.1) is 6.92 Å². The van der Waals surface area contributed by atoms with Crippen molar-refractivity contribution < 1.29 is 14.0 Å². The average Bonchev–Trinajstić information content (AvgIpc) is 2.72. The quantitative estimate of drug-likeness (QED) is 0.302. The maximum absolute atomic E-state index is 10.8. The predicted molar refractivity (Wildman–Crippen MR) is 128 cm³/mol. The molecular weight excluding hydrogens is 402 g/mol. The second kappa shape index (κ2) is 9.06. The third kappa shape index (κ3) is 5.61. The van der Waals surface area contributed by atoms with Gasteiger partial charge >= 0.3 is 0 Å². The van der Waals surface area contributed by atoms with Crippen LogP contribution in [0.5, 0.6) is 11.5 Å². The van der Waals surface area contributed by atoms with Crippen molar-refractivity contribution in [2.45, 2.75) is 52.4 Å². The number of carbonyl (C=O) groups excluding carboxylic acids is 1. The fourth-order valence-electron chi connectivity index (χ4n) is 2.96. The zero-order chi connectivity index (χ0) is 22.6. The van der Waals surface area contributed by atoms with Gasteiger partial charge in [0, 0.05) is 17.3 Å². The first-order valence-electron chi connectivity index (χ1n) is 10.5. The molecule has 0 spiro atoms. The first-order valence-corrected chi connectivity index (χ1v) is 13.4. The van der Waals surface area contributed by atoms with E-state index in [2.05, 4.69) is 64.0 Å². The van der Waals surface area contributed by atoms with Gasteiger partial charge in [0.2, 0.25) is 8.32 Å². The Morgan fingerprint density at radius 3 is 2.26 bits per heavy atom. The summed E-state index contributed by atoms with van der Waals surface area (Å²) >= 11 is 0. The van der Waals surface area contributed by atoms with Gasteiger partial charge in [-0.15, -0.1) is 0 Å². The highest BCUT2D eigenvalue weighted by Crippen LogP contribution is 2.38. The molecule has 0 aliphatic carbocycles. The summed E-state index contributed by atoms with van der Waals surface area (Å²) in [5.74, 6) is 1.65. The molecule has 0 atom stereocenters. The van der Waals surface area contributed by atoms with Crippen LogP contribution in [0.2, 0.25) is 18.1 Å². The molecular formula is C26H31NO3Si. The van der Waals surface area contributed by atoms with Gasteiger partial charge in [-0.25, -0.2) is 0 Å². The minimum Gasteiger partial charge on any atom is -0.543 e. The third-order valence-corrected chi connectivity index (χ3v) is 10.3. The average molecular weight is 434 g/mol. The van der Waals surface area contributed by atoms with Crippen molar-refractivity contribution >= 4 is 14.6 Å². The van der Waals surface area contributed by atoms with Crippen LogP contribution >= 0.6 is 0 Å². The number of benzene rings is 2. The molecule has 0 bridgehead atoms. The number of aldehydes is 1. The smallest absolute Gasteiger partial charge is 0.250 e. The van der Waals surface area contributed by atoms with E-state index < -0.39 is 8.32 Å². The fourth-order valence-corrected chi connectivity index (χ4v) is 3.98. The molecule has 0 radical (unpaired) electrons. The molecule has 1 aromatic heterocycles. The number of hydrogen-bond acceptors (Lipinski definition) is 4. The van der Waals surface area contributed by atoms with Gasteiger partial charge in [0.15, 0.2) is 0 Å². The van der Waals surface area contributed by atoms with Gasteiger partial charge in [-0.3, -0.25) is 9.78 Å². The molecule has 0 aliphatic rings. The second-order valence-corrected chi connectivity index (χ2v) is 14.1. The lowest BCUT2D eigenvalue weighted by Crippen LogP contribution is -2.43. The Kier molecular flexibility index (Phi) is 6.65. The van der Waals surface area contributed by atoms with E-state index in [1.165, 1.54) is 0 Å². The molecule has 162 valence electrons. The maximum atomic E-state index is 10.8. The van der Waals surface area contributed by atoms with E-state index in [1.807, 2.05) is 18.3 Å². The lowest BCUT2D eigenvalue weighted by atomic mass is 10.0. The van der Waals surface area contributed by atoms with Crippen molar-refractivity contribution in [1.82, 2.24) is 4.98 Å². The number of pyridine rings is 1. The van der Waals surface area contributed by atoms with Crippen molar-refractivity contribution in [2.75, 3.05) is 0 Å². The van der Waals surface area contributed by atoms with E-state index in [4.69, 9.17) is 9.16 Å². The van der Waals surface area contributed by atoms with Crippen LogP contribution in [-0.4, -0.2) is 19.6 Å². The Morgan fingerprint density at radius 2 is 1.65 bits per heavy atom. The van der Waals surface area contributed by atoms with Gasteiger partial charge in [0.25, 0.3) is 0 Å². The molecule has 0 unspecified atom stereocenters. The number of aryl methyl sites for hydroxylation is 1. The minimum atomic E-state index is -1.87. The summed E-state index contributed by atoms with van der Waals surface area (Å²) in [6.45, 7) is 13.8. The summed E-state index contributed by atoms with van der Waals surface area (Å²) < 4.78 is 12.3. The van der Waals surface area contributed by atoms with E-state index in [0.717, 1.165) is 40.2 Å². The van der Waals surface area contributed by atoms with E-state index in [9.17, 15) is 4.79 Å². The molecule has 0 amide bonds. The number of ether oxygens (including phenoxy) is 1. The van der Waals surface area contributed by atoms with Gasteiger partial charge in [-0.2, -0.15) is 0 Å². The highest BCUT2D eigenvalue weighted by molar-refractivity contribution is 6.74. The van der Waals surface area contributed by atoms with E-state index in [-0.39, 0.29) is 5.04 Å². The Morgan fingerprint density at radius 1 is 0.968 bits per heavy atom. The second-order valence-electron chi connectivity index (χ2n) is 9.36. The largest absolute Gasteiger partial charge is 0.543 e. The van der Waals surface area contributed by atoms with Crippen molar-refractivity contribution in [1.29, 1.82) is 0 Å². The van der Waals surface area contributed by atoms with Crippen LogP contribution in [0.3, 0.4) is 0 Å². The van der Waals surface area contributed by atoms with Crippen molar-refractivity contribution in [3.05, 3.63) is 77.5 Å². The molecule has 1 heterocycles. The van der Waals surface area contributed by atoms with Gasteiger partial charge in [0.1, 0.15) is 24.4 Å². The molecule has 0 saturated carbocycles. The number of carbonyl (C=O) groups is 1. The van der Waals surface area contributed by atoms with Gasteiger partial charge in [-0.05, 0) is 90.8 Å². The summed E-state index contributed by atoms with van der Waals surface area (Å²) in [5, 5.41) is 0.156. The monoisotopic (exact) mass is 433 g/mol. The lowest BCUT2D eigenvalue weighted by molar-refractivity contribution is 0.112. The van der Waals surface area contributed by atoms with Gasteiger partial charge < -0.3 is 9.16 Å². The van der Waals surface area contributed by atoms with E-state index in [0.29, 0.717) is 12.2 Å². The molecule has 0 saturated heterocycles. The number of hydrogen-bond donors (Lipinski definition) is 0. The number of aromatic nitrogens is 1. The zero-order valence-electron chi connectivity index (χ0n) is 19.2. The van der Waals surface area contributed by atoms with Crippen molar-refractivity contribution in [3.8, 4) is 22.8 Å². The van der Waals surface area contributed by atoms with E-state index >= 15 is 0 Å². The Hall–Kier alpha value is -2.92. The summed E-state index contributed by atoms with van der Waals surface area (Å²) in [6, 6.07) is 17.3. The molecule has 0 fully saturated rings. The third-order valence-electron chi connectivity index (χ3n) is 5.90. The predicted octanol–water partition coefficient (Wildman–Crippen LogP) is 6.83. The maximum Gasteiger partial charge on any atom is 0.250 e. The highest BCUT2D eigenvalue weighted by Gasteiger charge is 2.39. The van der Waals surface area contributed by atoms with Crippen LogP contribution in [0.4, 0.5) is 0 Å².